The number of benzene rings is 1. The number of halogens is 2. The second-order valence-corrected chi connectivity index (χ2v) is 3.98. The molecule has 1 aromatic carbocycles. The van der Waals surface area contributed by atoms with E-state index in [0.29, 0.717) is 19.7 Å². The Labute approximate surface area is 116 Å². The normalized spacial score (nSPS) is 12.5. The van der Waals surface area contributed by atoms with Crippen LogP contribution in [0.4, 0.5) is 8.78 Å². The molecule has 0 aliphatic heterocycles. The zero-order chi connectivity index (χ0) is 15.0. The van der Waals surface area contributed by atoms with Gasteiger partial charge in [-0.2, -0.15) is 8.78 Å². The lowest BCUT2D eigenvalue weighted by molar-refractivity contribution is -0.0514. The maximum Gasteiger partial charge on any atom is 0.387 e. The van der Waals surface area contributed by atoms with Crippen LogP contribution in [0.5, 0.6) is 11.5 Å². The molecule has 1 aromatic rings. The lowest BCUT2D eigenvalue weighted by atomic mass is 10.1. The van der Waals surface area contributed by atoms with Gasteiger partial charge in [-0.05, 0) is 24.6 Å². The van der Waals surface area contributed by atoms with Crippen LogP contribution < -0.4 is 20.5 Å². The highest BCUT2D eigenvalue weighted by atomic mass is 19.3. The number of ether oxygens (including phenoxy) is 2. The lowest BCUT2D eigenvalue weighted by Crippen LogP contribution is -2.30. The maximum atomic E-state index is 12.3. The number of aliphatic hydroxyl groups is 1. The molecule has 1 rings (SSSR count). The third kappa shape index (κ3) is 4.92. The summed E-state index contributed by atoms with van der Waals surface area (Å²) in [6.45, 7) is -0.134. The molecule has 0 bridgehead atoms. The Morgan fingerprint density at radius 3 is 2.65 bits per heavy atom. The second kappa shape index (κ2) is 8.68. The molecule has 5 nitrogen and oxygen atoms in total. The van der Waals surface area contributed by atoms with Crippen molar-refractivity contribution < 1.29 is 23.4 Å². The van der Waals surface area contributed by atoms with Crippen LogP contribution in [-0.4, -0.2) is 38.0 Å². The fraction of sp³-hybridized carbons (Fsp3) is 0.538. The second-order valence-electron chi connectivity index (χ2n) is 3.98. The molecule has 1 atom stereocenters. The molecule has 0 radical (unpaired) electrons. The van der Waals surface area contributed by atoms with Crippen LogP contribution in [0.1, 0.15) is 18.5 Å². The van der Waals surface area contributed by atoms with E-state index in [-0.39, 0.29) is 24.1 Å². The van der Waals surface area contributed by atoms with Crippen molar-refractivity contribution in [1.29, 1.82) is 0 Å². The molecule has 0 fully saturated rings. The van der Waals surface area contributed by atoms with Crippen molar-refractivity contribution in [3.63, 3.8) is 0 Å². The summed E-state index contributed by atoms with van der Waals surface area (Å²) in [5.74, 6) is 0.234. The molecular weight excluding hydrogens is 270 g/mol. The van der Waals surface area contributed by atoms with E-state index in [1.165, 1.54) is 6.07 Å². The van der Waals surface area contributed by atoms with E-state index in [1.54, 1.807) is 19.1 Å². The molecule has 7 heteroatoms. The Bertz CT molecular complexity index is 405. The molecule has 1 unspecified atom stereocenters. The number of nitrogens with one attached hydrogen (secondary N) is 1. The first-order valence-electron chi connectivity index (χ1n) is 6.38. The number of nitrogens with two attached hydrogens (primary N) is 1. The first-order valence-corrected chi connectivity index (χ1v) is 6.38. The van der Waals surface area contributed by atoms with Crippen LogP contribution in [0, 0.1) is 0 Å². The SMILES string of the molecule is CCOc1cc(C(CN)NCCO)ccc1OC(F)F. The van der Waals surface area contributed by atoms with Gasteiger partial charge in [0.15, 0.2) is 11.5 Å². The van der Waals surface area contributed by atoms with Gasteiger partial charge in [-0.15, -0.1) is 0 Å². The minimum absolute atomic E-state index is 0.0106. The van der Waals surface area contributed by atoms with Gasteiger partial charge in [0, 0.05) is 19.1 Å². The maximum absolute atomic E-state index is 12.3. The number of hydrogen-bond donors (Lipinski definition) is 3. The van der Waals surface area contributed by atoms with E-state index in [9.17, 15) is 8.78 Å². The molecule has 0 amide bonds. The van der Waals surface area contributed by atoms with Crippen LogP contribution in [0.2, 0.25) is 0 Å². The molecule has 114 valence electrons. The van der Waals surface area contributed by atoms with Gasteiger partial charge in [0.1, 0.15) is 0 Å². The molecule has 0 aliphatic rings. The number of hydrogen-bond acceptors (Lipinski definition) is 5. The fourth-order valence-electron chi connectivity index (χ4n) is 1.78. The van der Waals surface area contributed by atoms with Crippen molar-refractivity contribution in [2.24, 2.45) is 5.73 Å². The number of rotatable bonds is 9. The zero-order valence-electron chi connectivity index (χ0n) is 11.3. The fourth-order valence-corrected chi connectivity index (χ4v) is 1.78. The molecule has 0 saturated heterocycles. The minimum Gasteiger partial charge on any atom is -0.490 e. The van der Waals surface area contributed by atoms with Gasteiger partial charge in [-0.3, -0.25) is 0 Å². The molecule has 0 spiro atoms. The quantitative estimate of drug-likeness (QED) is 0.638. The molecular formula is C13H20F2N2O3. The Morgan fingerprint density at radius 1 is 1.35 bits per heavy atom. The molecule has 4 N–H and O–H groups in total. The summed E-state index contributed by atoms with van der Waals surface area (Å²) in [4.78, 5) is 0. The van der Waals surface area contributed by atoms with Gasteiger partial charge in [0.2, 0.25) is 0 Å². The van der Waals surface area contributed by atoms with E-state index in [2.05, 4.69) is 10.1 Å². The predicted molar refractivity (Wildman–Crippen MR) is 71.1 cm³/mol. The highest BCUT2D eigenvalue weighted by Crippen LogP contribution is 2.31. The van der Waals surface area contributed by atoms with E-state index >= 15 is 0 Å². The number of alkyl halides is 2. The Morgan fingerprint density at radius 2 is 2.10 bits per heavy atom. The van der Waals surface area contributed by atoms with Gasteiger partial charge in [-0.25, -0.2) is 0 Å². The lowest BCUT2D eigenvalue weighted by Gasteiger charge is -2.19. The van der Waals surface area contributed by atoms with Crippen molar-refractivity contribution in [3.8, 4) is 11.5 Å². The highest BCUT2D eigenvalue weighted by molar-refractivity contribution is 5.44. The molecule has 0 saturated carbocycles. The smallest absolute Gasteiger partial charge is 0.387 e. The summed E-state index contributed by atoms with van der Waals surface area (Å²) in [5.41, 5.74) is 6.44. The average Bonchev–Trinajstić information content (AvgIpc) is 2.42. The summed E-state index contributed by atoms with van der Waals surface area (Å²) in [5, 5.41) is 11.9. The van der Waals surface area contributed by atoms with Crippen LogP contribution in [0.15, 0.2) is 18.2 Å². The molecule has 0 aromatic heterocycles. The Hall–Kier alpha value is -1.44. The van der Waals surface area contributed by atoms with Crippen LogP contribution in [0.3, 0.4) is 0 Å². The summed E-state index contributed by atoms with van der Waals surface area (Å²) >= 11 is 0. The van der Waals surface area contributed by atoms with Crippen LogP contribution >= 0.6 is 0 Å². The monoisotopic (exact) mass is 290 g/mol. The number of aliphatic hydroxyl groups excluding tert-OH is 1. The van der Waals surface area contributed by atoms with Gasteiger partial charge in [0.05, 0.1) is 13.2 Å². The van der Waals surface area contributed by atoms with Crippen molar-refractivity contribution in [1.82, 2.24) is 5.32 Å². The van der Waals surface area contributed by atoms with Gasteiger partial charge in [-0.1, -0.05) is 6.07 Å². The van der Waals surface area contributed by atoms with E-state index in [0.717, 1.165) is 5.56 Å². The molecule has 20 heavy (non-hydrogen) atoms. The third-order valence-corrected chi connectivity index (χ3v) is 2.62. The third-order valence-electron chi connectivity index (χ3n) is 2.62. The van der Waals surface area contributed by atoms with Gasteiger partial charge in [0.25, 0.3) is 0 Å². The first-order chi connectivity index (χ1) is 9.62. The topological polar surface area (TPSA) is 76.7 Å². The van der Waals surface area contributed by atoms with Crippen molar-refractivity contribution in [2.75, 3.05) is 26.3 Å². The molecule has 0 heterocycles. The summed E-state index contributed by atoms with van der Waals surface area (Å²) in [7, 11) is 0. The molecule has 0 aliphatic carbocycles. The summed E-state index contributed by atoms with van der Waals surface area (Å²) < 4.78 is 34.3. The summed E-state index contributed by atoms with van der Waals surface area (Å²) in [6, 6.07) is 4.49. The minimum atomic E-state index is -2.90. The highest BCUT2D eigenvalue weighted by Gasteiger charge is 2.15. The van der Waals surface area contributed by atoms with Crippen LogP contribution in [0.25, 0.3) is 0 Å². The van der Waals surface area contributed by atoms with Gasteiger partial charge >= 0.3 is 6.61 Å². The van der Waals surface area contributed by atoms with Crippen LogP contribution in [-0.2, 0) is 0 Å². The average molecular weight is 290 g/mol. The standard InChI is InChI=1S/C13H20F2N2O3/c1-2-19-12-7-9(10(8-16)17-5-6-18)3-4-11(12)20-13(14)15/h3-4,7,10,13,17-18H,2,5-6,8,16H2,1H3. The predicted octanol–water partition coefficient (Wildman–Crippen LogP) is 1.27. The van der Waals surface area contributed by atoms with E-state index in [1.807, 2.05) is 0 Å². The van der Waals surface area contributed by atoms with E-state index in [4.69, 9.17) is 15.6 Å². The Kier molecular flexibility index (Phi) is 7.21. The van der Waals surface area contributed by atoms with Gasteiger partial charge < -0.3 is 25.6 Å². The van der Waals surface area contributed by atoms with Crippen molar-refractivity contribution in [2.45, 2.75) is 19.6 Å². The first kappa shape index (κ1) is 16.6. The van der Waals surface area contributed by atoms with Crippen molar-refractivity contribution in [3.05, 3.63) is 23.8 Å². The van der Waals surface area contributed by atoms with Crippen molar-refractivity contribution >= 4 is 0 Å². The summed E-state index contributed by atoms with van der Waals surface area (Å²) in [6.07, 6.45) is 0. The Balaban J connectivity index is 2.94. The van der Waals surface area contributed by atoms with E-state index < -0.39 is 6.61 Å². The largest absolute Gasteiger partial charge is 0.490 e. The zero-order valence-corrected chi connectivity index (χ0v) is 11.3.